The molecule has 216 valence electrons. The normalized spacial score (nSPS) is 14.6. The highest BCUT2D eigenvalue weighted by Crippen LogP contribution is 2.34. The van der Waals surface area contributed by atoms with Gasteiger partial charge in [-0.05, 0) is 54.4 Å². The van der Waals surface area contributed by atoms with Gasteiger partial charge in [-0.1, -0.05) is 88.2 Å². The molecule has 8 nitrogen and oxygen atoms in total. The van der Waals surface area contributed by atoms with Crippen LogP contribution < -0.4 is 15.0 Å². The van der Waals surface area contributed by atoms with Gasteiger partial charge in [-0.15, -0.1) is 0 Å². The summed E-state index contributed by atoms with van der Waals surface area (Å²) in [5, 5.41) is 2.88. The van der Waals surface area contributed by atoms with Crippen LogP contribution in [-0.4, -0.2) is 43.7 Å². The Morgan fingerprint density at radius 2 is 1.57 bits per heavy atom. The van der Waals surface area contributed by atoms with E-state index in [0.29, 0.717) is 18.0 Å². The van der Waals surface area contributed by atoms with Crippen molar-refractivity contribution >= 4 is 43.5 Å². The topological polar surface area (TPSA) is 96.0 Å². The highest BCUT2D eigenvalue weighted by molar-refractivity contribution is 9.10. The second kappa shape index (κ2) is 12.9. The number of hydrogen-bond donors (Lipinski definition) is 1. The first-order valence-corrected chi connectivity index (χ1v) is 15.6. The van der Waals surface area contributed by atoms with Crippen molar-refractivity contribution < 1.29 is 22.7 Å². The Kier molecular flexibility index (Phi) is 9.06. The molecule has 0 spiro atoms. The van der Waals surface area contributed by atoms with E-state index in [4.69, 9.17) is 4.74 Å². The molecule has 5 rings (SSSR count). The van der Waals surface area contributed by atoms with Gasteiger partial charge in [0.2, 0.25) is 15.9 Å². The first kappa shape index (κ1) is 29.5. The van der Waals surface area contributed by atoms with E-state index in [2.05, 4.69) is 21.2 Å². The number of para-hydroxylation sites is 2. The minimum atomic E-state index is -4.04. The number of carbonyl (C=O) groups excluding carboxylic acids is 2. The van der Waals surface area contributed by atoms with Gasteiger partial charge in [-0.3, -0.25) is 9.59 Å². The Morgan fingerprint density at radius 3 is 2.29 bits per heavy atom. The average Bonchev–Trinajstić information content (AvgIpc) is 3.00. The molecule has 0 saturated carbocycles. The fourth-order valence-corrected chi connectivity index (χ4v) is 6.26. The number of carbonyl (C=O) groups is 2. The number of rotatable bonds is 9. The summed E-state index contributed by atoms with van der Waals surface area (Å²) in [4.78, 5) is 28.6. The van der Waals surface area contributed by atoms with E-state index in [0.717, 1.165) is 21.2 Å². The summed E-state index contributed by atoms with van der Waals surface area (Å²) in [5.41, 5.74) is 3.05. The van der Waals surface area contributed by atoms with Crippen molar-refractivity contribution in [2.45, 2.75) is 31.0 Å². The highest BCUT2D eigenvalue weighted by Gasteiger charge is 2.36. The number of nitrogens with one attached hydrogen (secondary N) is 1. The van der Waals surface area contributed by atoms with Crippen molar-refractivity contribution in [3.63, 3.8) is 0 Å². The molecule has 0 bridgehead atoms. The van der Waals surface area contributed by atoms with Crippen molar-refractivity contribution in [3.05, 3.63) is 124 Å². The van der Waals surface area contributed by atoms with E-state index in [1.807, 2.05) is 61.5 Å². The molecule has 1 atom stereocenters. The second-order valence-corrected chi connectivity index (χ2v) is 12.8. The summed E-state index contributed by atoms with van der Waals surface area (Å²) >= 11 is 3.41. The second-order valence-electron chi connectivity index (χ2n) is 9.99. The lowest BCUT2D eigenvalue weighted by atomic mass is 10.1. The van der Waals surface area contributed by atoms with Gasteiger partial charge in [-0.25, -0.2) is 8.42 Å². The smallest absolute Gasteiger partial charge is 0.263 e. The number of aryl methyl sites for hydroxylation is 1. The summed E-state index contributed by atoms with van der Waals surface area (Å²) in [6.45, 7) is 1.68. The van der Waals surface area contributed by atoms with Crippen LogP contribution in [0.3, 0.4) is 0 Å². The molecule has 1 aliphatic heterocycles. The van der Waals surface area contributed by atoms with E-state index in [1.165, 1.54) is 9.21 Å². The summed E-state index contributed by atoms with van der Waals surface area (Å²) in [6.07, 6.45) is -0.971. The van der Waals surface area contributed by atoms with Gasteiger partial charge in [-0.2, -0.15) is 4.31 Å². The zero-order valence-electron chi connectivity index (χ0n) is 22.9. The van der Waals surface area contributed by atoms with Crippen LogP contribution in [0, 0.1) is 6.92 Å². The predicted octanol–water partition coefficient (Wildman–Crippen LogP) is 5.06. The Hall–Kier alpha value is -3.99. The van der Waals surface area contributed by atoms with Crippen LogP contribution >= 0.6 is 15.9 Å². The van der Waals surface area contributed by atoms with Crippen LogP contribution in [0.25, 0.3) is 0 Å². The summed E-state index contributed by atoms with van der Waals surface area (Å²) in [6, 6.07) is 30.2. The van der Waals surface area contributed by atoms with Crippen molar-refractivity contribution in [1.82, 2.24) is 9.62 Å². The molecular weight excluding hydrogens is 618 g/mol. The third-order valence-electron chi connectivity index (χ3n) is 6.92. The maximum absolute atomic E-state index is 13.9. The monoisotopic (exact) mass is 647 g/mol. The van der Waals surface area contributed by atoms with Gasteiger partial charge < -0.3 is 15.0 Å². The van der Waals surface area contributed by atoms with Crippen LogP contribution in [0.4, 0.5) is 5.69 Å². The minimum Gasteiger partial charge on any atom is -0.477 e. The predicted molar refractivity (Wildman–Crippen MR) is 164 cm³/mol. The van der Waals surface area contributed by atoms with Crippen LogP contribution in [0.15, 0.2) is 112 Å². The third kappa shape index (κ3) is 6.89. The highest BCUT2D eigenvalue weighted by atomic mass is 79.9. The molecule has 1 aliphatic rings. The summed E-state index contributed by atoms with van der Waals surface area (Å²) in [5.74, 6) is -0.470. The lowest BCUT2D eigenvalue weighted by Crippen LogP contribution is -2.52. The molecule has 0 saturated heterocycles. The summed E-state index contributed by atoms with van der Waals surface area (Å²) < 4.78 is 35.7. The quantitative estimate of drug-likeness (QED) is 0.274. The lowest BCUT2D eigenvalue weighted by molar-refractivity contribution is -0.128. The van der Waals surface area contributed by atoms with E-state index in [9.17, 15) is 18.0 Å². The standard InChI is InChI=1S/C32H30BrN3O5S/c1-23-11-17-27(18-12-23)42(39,40)35(20-25-13-15-26(33)16-14-25)22-31(37)36-21-30(41-29-10-6-5-9-28(29)36)32(38)34-19-24-7-3-2-4-8-24/h2-18,30H,19-22H2,1H3,(H,34,38)/t30-/m0/s1. The van der Waals surface area contributed by atoms with E-state index in [1.54, 1.807) is 48.5 Å². The average molecular weight is 649 g/mol. The number of nitrogens with zero attached hydrogens (tertiary/aromatic N) is 2. The fraction of sp³-hybridized carbons (Fsp3) is 0.188. The molecule has 4 aromatic carbocycles. The zero-order valence-corrected chi connectivity index (χ0v) is 25.3. The van der Waals surface area contributed by atoms with E-state index < -0.39 is 28.6 Å². The molecule has 42 heavy (non-hydrogen) atoms. The Labute approximate surface area is 254 Å². The SMILES string of the molecule is Cc1ccc(S(=O)(=O)N(CC(=O)N2C[C@@H](C(=O)NCc3ccccc3)Oc3ccccc32)Cc2ccc(Br)cc2)cc1. The molecule has 0 aliphatic carbocycles. The number of anilines is 1. The third-order valence-corrected chi connectivity index (χ3v) is 9.25. The fourth-order valence-electron chi connectivity index (χ4n) is 4.62. The molecular formula is C32H30BrN3O5S. The minimum absolute atomic E-state index is 0.0117. The van der Waals surface area contributed by atoms with Gasteiger partial charge in [0, 0.05) is 17.6 Å². The molecule has 4 aromatic rings. The Bertz CT molecular complexity index is 1660. The zero-order chi connectivity index (χ0) is 29.7. The maximum atomic E-state index is 13.9. The van der Waals surface area contributed by atoms with Gasteiger partial charge in [0.15, 0.2) is 6.10 Å². The van der Waals surface area contributed by atoms with Crippen molar-refractivity contribution in [2.24, 2.45) is 0 Å². The van der Waals surface area contributed by atoms with Gasteiger partial charge >= 0.3 is 0 Å². The molecule has 1 N–H and O–H groups in total. The Balaban J connectivity index is 1.40. The number of halogens is 1. The summed E-state index contributed by atoms with van der Waals surface area (Å²) in [7, 11) is -4.04. The molecule has 0 aromatic heterocycles. The first-order valence-electron chi connectivity index (χ1n) is 13.4. The molecule has 2 amide bonds. The van der Waals surface area contributed by atoms with Crippen LogP contribution in [-0.2, 0) is 32.7 Å². The number of sulfonamides is 1. The number of benzene rings is 4. The molecule has 1 heterocycles. The van der Waals surface area contributed by atoms with Gasteiger partial charge in [0.05, 0.1) is 23.7 Å². The first-order chi connectivity index (χ1) is 20.2. The van der Waals surface area contributed by atoms with Crippen LogP contribution in [0.1, 0.15) is 16.7 Å². The number of fused-ring (bicyclic) bond motifs is 1. The van der Waals surface area contributed by atoms with Crippen molar-refractivity contribution in [2.75, 3.05) is 18.0 Å². The van der Waals surface area contributed by atoms with Crippen molar-refractivity contribution in [1.29, 1.82) is 0 Å². The van der Waals surface area contributed by atoms with Crippen LogP contribution in [0.2, 0.25) is 0 Å². The van der Waals surface area contributed by atoms with E-state index >= 15 is 0 Å². The number of amides is 2. The van der Waals surface area contributed by atoms with Gasteiger partial charge in [0.1, 0.15) is 5.75 Å². The Morgan fingerprint density at radius 1 is 0.905 bits per heavy atom. The van der Waals surface area contributed by atoms with Crippen LogP contribution in [0.5, 0.6) is 5.75 Å². The molecule has 0 radical (unpaired) electrons. The maximum Gasteiger partial charge on any atom is 0.263 e. The number of hydrogen-bond acceptors (Lipinski definition) is 5. The molecule has 10 heteroatoms. The largest absolute Gasteiger partial charge is 0.477 e. The molecule has 0 unspecified atom stereocenters. The molecule has 0 fully saturated rings. The van der Waals surface area contributed by atoms with Crippen molar-refractivity contribution in [3.8, 4) is 5.75 Å². The number of ether oxygens (including phenoxy) is 1. The van der Waals surface area contributed by atoms with Gasteiger partial charge in [0.25, 0.3) is 5.91 Å². The van der Waals surface area contributed by atoms with E-state index in [-0.39, 0.29) is 23.9 Å². The lowest BCUT2D eigenvalue weighted by Gasteiger charge is -2.35.